The molecule has 26 heavy (non-hydrogen) atoms. The van der Waals surface area contributed by atoms with Crippen LogP contribution >= 0.6 is 0 Å². The molecule has 0 bridgehead atoms. The van der Waals surface area contributed by atoms with Crippen molar-refractivity contribution in [2.45, 2.75) is 18.9 Å². The van der Waals surface area contributed by atoms with Crippen molar-refractivity contribution in [1.82, 2.24) is 24.8 Å². The lowest BCUT2D eigenvalue weighted by Crippen LogP contribution is -2.32. The SMILES string of the molecule is O=C(c1ccncc1)N1CCC[C@H]1c1nc(-c2ccccn2)cc(=O)[nH]1. The van der Waals surface area contributed by atoms with E-state index in [1.165, 1.54) is 6.07 Å². The molecule has 0 aromatic carbocycles. The zero-order chi connectivity index (χ0) is 17.9. The Balaban J connectivity index is 1.69. The molecule has 1 aliphatic rings. The van der Waals surface area contributed by atoms with E-state index in [1.807, 2.05) is 12.1 Å². The van der Waals surface area contributed by atoms with Crippen LogP contribution in [0, 0.1) is 0 Å². The summed E-state index contributed by atoms with van der Waals surface area (Å²) in [6, 6.07) is 10.0. The van der Waals surface area contributed by atoms with Gasteiger partial charge in [0.1, 0.15) is 5.82 Å². The molecule has 1 amide bonds. The molecule has 1 aliphatic heterocycles. The minimum Gasteiger partial charge on any atom is -0.328 e. The molecule has 4 rings (SSSR count). The predicted molar refractivity (Wildman–Crippen MR) is 95.3 cm³/mol. The highest BCUT2D eigenvalue weighted by molar-refractivity contribution is 5.94. The summed E-state index contributed by atoms with van der Waals surface area (Å²) in [5.41, 5.74) is 1.46. The van der Waals surface area contributed by atoms with E-state index in [4.69, 9.17) is 0 Å². The van der Waals surface area contributed by atoms with Crippen molar-refractivity contribution < 1.29 is 4.79 Å². The number of carbonyl (C=O) groups excluding carboxylic acids is 1. The normalized spacial score (nSPS) is 16.6. The highest BCUT2D eigenvalue weighted by atomic mass is 16.2. The fourth-order valence-corrected chi connectivity index (χ4v) is 3.23. The van der Waals surface area contributed by atoms with E-state index in [9.17, 15) is 9.59 Å². The Morgan fingerprint density at radius 1 is 1.12 bits per heavy atom. The Kier molecular flexibility index (Phi) is 4.27. The first-order valence-electron chi connectivity index (χ1n) is 8.46. The number of likely N-dealkylation sites (tertiary alicyclic amines) is 1. The maximum atomic E-state index is 12.8. The van der Waals surface area contributed by atoms with Crippen LogP contribution < -0.4 is 5.56 Å². The third-order valence-corrected chi connectivity index (χ3v) is 4.44. The van der Waals surface area contributed by atoms with Crippen LogP contribution in [0.1, 0.15) is 35.1 Å². The molecule has 1 atom stereocenters. The van der Waals surface area contributed by atoms with E-state index < -0.39 is 0 Å². The standard InChI is InChI=1S/C19H17N5O2/c25-17-12-15(14-4-1-2-8-21-14)22-18(23-17)16-5-3-11-24(16)19(26)13-6-9-20-10-7-13/h1-2,4,6-10,12,16H,3,5,11H2,(H,22,23,25)/t16-/m0/s1. The van der Waals surface area contributed by atoms with E-state index >= 15 is 0 Å². The van der Waals surface area contributed by atoms with E-state index in [0.29, 0.717) is 29.3 Å². The summed E-state index contributed by atoms with van der Waals surface area (Å²) in [6.45, 7) is 0.628. The smallest absolute Gasteiger partial charge is 0.254 e. The van der Waals surface area contributed by atoms with Crippen molar-refractivity contribution in [2.75, 3.05) is 6.54 Å². The van der Waals surface area contributed by atoms with Gasteiger partial charge in [-0.2, -0.15) is 0 Å². The number of hydrogen-bond acceptors (Lipinski definition) is 5. The zero-order valence-electron chi connectivity index (χ0n) is 14.0. The van der Waals surface area contributed by atoms with Gasteiger partial charge >= 0.3 is 0 Å². The molecule has 7 nitrogen and oxygen atoms in total. The summed E-state index contributed by atoms with van der Waals surface area (Å²) in [4.78, 5) is 42.3. The predicted octanol–water partition coefficient (Wildman–Crippen LogP) is 2.20. The van der Waals surface area contributed by atoms with Gasteiger partial charge in [0.15, 0.2) is 0 Å². The van der Waals surface area contributed by atoms with E-state index in [2.05, 4.69) is 19.9 Å². The Labute approximate surface area is 149 Å². The topological polar surface area (TPSA) is 91.8 Å². The monoisotopic (exact) mass is 347 g/mol. The summed E-state index contributed by atoms with van der Waals surface area (Å²) < 4.78 is 0. The fourth-order valence-electron chi connectivity index (χ4n) is 3.23. The van der Waals surface area contributed by atoms with E-state index in [-0.39, 0.29) is 17.5 Å². The van der Waals surface area contributed by atoms with Crippen LogP contribution in [0.2, 0.25) is 0 Å². The second-order valence-electron chi connectivity index (χ2n) is 6.12. The molecule has 3 aromatic heterocycles. The van der Waals surface area contributed by atoms with Crippen LogP contribution in [-0.4, -0.2) is 37.3 Å². The lowest BCUT2D eigenvalue weighted by atomic mass is 10.1. The second-order valence-corrected chi connectivity index (χ2v) is 6.12. The van der Waals surface area contributed by atoms with Crippen molar-refractivity contribution in [3.63, 3.8) is 0 Å². The number of H-pyrrole nitrogens is 1. The Morgan fingerprint density at radius 3 is 2.73 bits per heavy atom. The van der Waals surface area contributed by atoms with E-state index in [0.717, 1.165) is 12.8 Å². The van der Waals surface area contributed by atoms with Gasteiger partial charge in [0.05, 0.1) is 17.4 Å². The molecule has 1 N–H and O–H groups in total. The number of rotatable bonds is 3. The number of aromatic nitrogens is 4. The van der Waals surface area contributed by atoms with Gasteiger partial charge in [-0.3, -0.25) is 19.6 Å². The molecule has 0 saturated carbocycles. The van der Waals surface area contributed by atoms with Crippen LogP contribution in [0.25, 0.3) is 11.4 Å². The molecule has 7 heteroatoms. The van der Waals surface area contributed by atoms with Crippen LogP contribution in [0.4, 0.5) is 0 Å². The molecular weight excluding hydrogens is 330 g/mol. The molecule has 4 heterocycles. The van der Waals surface area contributed by atoms with Gasteiger partial charge < -0.3 is 9.88 Å². The van der Waals surface area contributed by atoms with E-state index in [1.54, 1.807) is 41.7 Å². The summed E-state index contributed by atoms with van der Waals surface area (Å²) >= 11 is 0. The molecular formula is C19H17N5O2. The zero-order valence-corrected chi connectivity index (χ0v) is 14.0. The van der Waals surface area contributed by atoms with Crippen molar-refractivity contribution in [3.05, 3.63) is 76.7 Å². The minimum atomic E-state index is -0.257. The lowest BCUT2D eigenvalue weighted by Gasteiger charge is -2.24. The maximum absolute atomic E-state index is 12.8. The van der Waals surface area contributed by atoms with Gasteiger partial charge in [-0.1, -0.05) is 6.07 Å². The highest BCUT2D eigenvalue weighted by Gasteiger charge is 2.32. The number of nitrogens with zero attached hydrogens (tertiary/aromatic N) is 4. The van der Waals surface area contributed by atoms with Crippen LogP contribution in [-0.2, 0) is 0 Å². The molecule has 0 aliphatic carbocycles. The van der Waals surface area contributed by atoms with Crippen LogP contribution in [0.15, 0.2) is 59.8 Å². The summed E-state index contributed by atoms with van der Waals surface area (Å²) in [7, 11) is 0. The van der Waals surface area contributed by atoms with Crippen molar-refractivity contribution in [1.29, 1.82) is 0 Å². The highest BCUT2D eigenvalue weighted by Crippen LogP contribution is 2.31. The van der Waals surface area contributed by atoms with Crippen LogP contribution in [0.5, 0.6) is 0 Å². The number of pyridine rings is 2. The molecule has 1 saturated heterocycles. The van der Waals surface area contributed by atoms with Crippen LogP contribution in [0.3, 0.4) is 0 Å². The molecule has 0 unspecified atom stereocenters. The Bertz CT molecular complexity index is 972. The van der Waals surface area contributed by atoms with Crippen molar-refractivity contribution >= 4 is 5.91 Å². The number of amides is 1. The number of carbonyl (C=O) groups is 1. The average molecular weight is 347 g/mol. The van der Waals surface area contributed by atoms with Gasteiger partial charge in [0.25, 0.3) is 11.5 Å². The number of aromatic amines is 1. The largest absolute Gasteiger partial charge is 0.328 e. The third-order valence-electron chi connectivity index (χ3n) is 4.44. The lowest BCUT2D eigenvalue weighted by molar-refractivity contribution is 0.0729. The van der Waals surface area contributed by atoms with Gasteiger partial charge in [-0.25, -0.2) is 4.98 Å². The molecule has 130 valence electrons. The molecule has 3 aromatic rings. The molecule has 0 radical (unpaired) electrons. The second kappa shape index (κ2) is 6.87. The van der Waals surface area contributed by atoms with Crippen molar-refractivity contribution in [3.8, 4) is 11.4 Å². The third kappa shape index (κ3) is 3.11. The quantitative estimate of drug-likeness (QED) is 0.784. The molecule has 1 fully saturated rings. The summed E-state index contributed by atoms with van der Waals surface area (Å²) in [5.74, 6) is 0.416. The van der Waals surface area contributed by atoms with Gasteiger partial charge in [0, 0.05) is 36.8 Å². The first kappa shape index (κ1) is 16.1. The van der Waals surface area contributed by atoms with Gasteiger partial charge in [-0.05, 0) is 37.1 Å². The first-order valence-corrected chi connectivity index (χ1v) is 8.46. The van der Waals surface area contributed by atoms with Gasteiger partial charge in [0.2, 0.25) is 0 Å². The minimum absolute atomic E-state index is 0.0826. The Morgan fingerprint density at radius 2 is 1.96 bits per heavy atom. The average Bonchev–Trinajstić information content (AvgIpc) is 3.18. The molecule has 0 spiro atoms. The summed E-state index contributed by atoms with van der Waals surface area (Å²) in [6.07, 6.45) is 6.47. The first-order chi connectivity index (χ1) is 12.7. The Hall–Kier alpha value is -3.35. The maximum Gasteiger partial charge on any atom is 0.254 e. The fraction of sp³-hybridized carbons (Fsp3) is 0.211. The summed E-state index contributed by atoms with van der Waals surface area (Å²) in [5, 5.41) is 0. The number of nitrogens with one attached hydrogen (secondary N) is 1. The van der Waals surface area contributed by atoms with Gasteiger partial charge in [-0.15, -0.1) is 0 Å². The number of hydrogen-bond donors (Lipinski definition) is 1. The van der Waals surface area contributed by atoms with Crippen molar-refractivity contribution in [2.24, 2.45) is 0 Å².